The van der Waals surface area contributed by atoms with E-state index in [0.29, 0.717) is 0 Å². The van der Waals surface area contributed by atoms with Crippen molar-refractivity contribution in [3.63, 3.8) is 0 Å². The van der Waals surface area contributed by atoms with Gasteiger partial charge in [-0.3, -0.25) is 29.0 Å². The number of nitrogens with zero attached hydrogens (tertiary/aromatic N) is 1. The Morgan fingerprint density at radius 1 is 0.824 bits per heavy atom. The van der Waals surface area contributed by atoms with Gasteiger partial charge in [0.05, 0.1) is 12.5 Å². The maximum atomic E-state index is 12.7. The maximum absolute atomic E-state index is 12.7. The summed E-state index contributed by atoms with van der Waals surface area (Å²) < 4.78 is 0. The molecule has 4 amide bonds. The molecule has 4 atom stereocenters. The van der Waals surface area contributed by atoms with Gasteiger partial charge in [-0.25, -0.2) is 4.79 Å². The molecule has 34 heavy (non-hydrogen) atoms. The van der Waals surface area contributed by atoms with E-state index in [1.807, 2.05) is 0 Å². The molecule has 13 N–H and O–H groups in total. The molecule has 0 fully saturated rings. The van der Waals surface area contributed by atoms with Crippen LogP contribution in [0.5, 0.6) is 0 Å². The van der Waals surface area contributed by atoms with Crippen molar-refractivity contribution in [2.24, 2.45) is 27.9 Å². The average Bonchev–Trinajstić information content (AvgIpc) is 2.71. The summed E-state index contributed by atoms with van der Waals surface area (Å²) in [5.74, 6) is -6.60. The van der Waals surface area contributed by atoms with E-state index >= 15 is 0 Å². The van der Waals surface area contributed by atoms with Gasteiger partial charge in [0.25, 0.3) is 0 Å². The molecule has 16 heteroatoms. The van der Waals surface area contributed by atoms with Crippen molar-refractivity contribution in [3.8, 4) is 0 Å². The normalized spacial score (nSPS) is 13.9. The van der Waals surface area contributed by atoms with Crippen molar-refractivity contribution in [2.45, 2.75) is 63.2 Å². The molecule has 0 aliphatic carbocycles. The fraction of sp³-hybridized carbons (Fsp3) is 0.611. The third kappa shape index (κ3) is 12.8. The smallest absolute Gasteiger partial charge is 0.326 e. The molecule has 0 bridgehead atoms. The third-order valence-corrected chi connectivity index (χ3v) is 4.30. The first-order chi connectivity index (χ1) is 15.7. The second kappa shape index (κ2) is 15.0. The Balaban J connectivity index is 5.47. The summed E-state index contributed by atoms with van der Waals surface area (Å²) in [6, 6.07) is -5.46. The zero-order valence-electron chi connectivity index (χ0n) is 18.7. The molecule has 0 spiro atoms. The van der Waals surface area contributed by atoms with Crippen LogP contribution >= 0.6 is 0 Å². The fourth-order valence-corrected chi connectivity index (χ4v) is 2.55. The number of nitrogens with two attached hydrogens (primary N) is 4. The Hall–Kier alpha value is -3.95. The first-order valence-electron chi connectivity index (χ1n) is 10.2. The number of hydrogen-bond acceptors (Lipinski definition) is 8. The van der Waals surface area contributed by atoms with E-state index in [-0.39, 0.29) is 38.2 Å². The van der Waals surface area contributed by atoms with E-state index in [0.717, 1.165) is 0 Å². The zero-order valence-corrected chi connectivity index (χ0v) is 18.7. The molecule has 0 aromatic carbocycles. The van der Waals surface area contributed by atoms with Gasteiger partial charge in [-0.05, 0) is 26.2 Å². The van der Waals surface area contributed by atoms with Crippen LogP contribution in [0.4, 0.5) is 0 Å². The van der Waals surface area contributed by atoms with E-state index in [9.17, 15) is 33.9 Å². The van der Waals surface area contributed by atoms with Crippen LogP contribution in [0.15, 0.2) is 4.99 Å². The van der Waals surface area contributed by atoms with E-state index in [1.165, 1.54) is 6.92 Å². The molecule has 16 nitrogen and oxygen atoms in total. The monoisotopic (exact) mass is 488 g/mol. The summed E-state index contributed by atoms with van der Waals surface area (Å²) in [6.07, 6.45) is -1.33. The van der Waals surface area contributed by atoms with Crippen LogP contribution in [-0.4, -0.2) is 82.5 Å². The third-order valence-electron chi connectivity index (χ3n) is 4.30. The van der Waals surface area contributed by atoms with Gasteiger partial charge < -0.3 is 49.1 Å². The Morgan fingerprint density at radius 2 is 1.35 bits per heavy atom. The number of carbonyl (C=O) groups is 6. The Morgan fingerprint density at radius 3 is 1.82 bits per heavy atom. The Bertz CT molecular complexity index is 797. The SMILES string of the molecule is CC(N)C(=O)NC(CC(=O)O)C(=O)NC(CCC(N)=O)C(=O)NC(CCCN=C(N)N)C(=O)O. The van der Waals surface area contributed by atoms with Crippen LogP contribution in [0.2, 0.25) is 0 Å². The second-order valence-corrected chi connectivity index (χ2v) is 7.36. The van der Waals surface area contributed by atoms with Gasteiger partial charge in [-0.1, -0.05) is 0 Å². The number of carboxylic acid groups (broad SMARTS) is 2. The zero-order chi connectivity index (χ0) is 26.4. The molecule has 0 radical (unpaired) electrons. The first-order valence-corrected chi connectivity index (χ1v) is 10.2. The summed E-state index contributed by atoms with van der Waals surface area (Å²) in [7, 11) is 0. The molecule has 4 unspecified atom stereocenters. The summed E-state index contributed by atoms with van der Waals surface area (Å²) in [5, 5.41) is 25.0. The highest BCUT2D eigenvalue weighted by Gasteiger charge is 2.31. The number of hydrogen-bond donors (Lipinski definition) is 9. The first kappa shape index (κ1) is 30.0. The highest BCUT2D eigenvalue weighted by molar-refractivity contribution is 5.95. The topological polar surface area (TPSA) is 295 Å². The van der Waals surface area contributed by atoms with Crippen LogP contribution in [0.1, 0.15) is 39.0 Å². The molecule has 0 heterocycles. The van der Waals surface area contributed by atoms with E-state index in [4.69, 9.17) is 28.0 Å². The van der Waals surface area contributed by atoms with Crippen LogP contribution in [0, 0.1) is 0 Å². The minimum atomic E-state index is -1.59. The summed E-state index contributed by atoms with van der Waals surface area (Å²) >= 11 is 0. The lowest BCUT2D eigenvalue weighted by atomic mass is 10.1. The fourth-order valence-electron chi connectivity index (χ4n) is 2.55. The number of primary amides is 1. The highest BCUT2D eigenvalue weighted by Crippen LogP contribution is 2.05. The van der Waals surface area contributed by atoms with Crippen molar-refractivity contribution in [1.82, 2.24) is 16.0 Å². The molecule has 0 rings (SSSR count). The van der Waals surface area contributed by atoms with Gasteiger partial charge in [0.15, 0.2) is 5.96 Å². The minimum Gasteiger partial charge on any atom is -0.481 e. The van der Waals surface area contributed by atoms with Crippen molar-refractivity contribution >= 4 is 41.5 Å². The van der Waals surface area contributed by atoms with Gasteiger partial charge in [-0.15, -0.1) is 0 Å². The summed E-state index contributed by atoms with van der Waals surface area (Å²) in [5.41, 5.74) is 20.9. The lowest BCUT2D eigenvalue weighted by molar-refractivity contribution is -0.143. The summed E-state index contributed by atoms with van der Waals surface area (Å²) in [6.45, 7) is 1.42. The van der Waals surface area contributed by atoms with Crippen molar-refractivity contribution in [1.29, 1.82) is 0 Å². The molecule has 0 aliphatic rings. The molecule has 192 valence electrons. The number of aliphatic carboxylic acids is 2. The van der Waals surface area contributed by atoms with Crippen LogP contribution in [-0.2, 0) is 28.8 Å². The van der Waals surface area contributed by atoms with Gasteiger partial charge in [0, 0.05) is 13.0 Å². The molecule has 0 aliphatic heterocycles. The molecule has 0 saturated carbocycles. The maximum Gasteiger partial charge on any atom is 0.326 e. The molecular formula is C18H32N8O8. The predicted molar refractivity (Wildman–Crippen MR) is 118 cm³/mol. The standard InChI is InChI=1S/C18H32N8O8/c1-8(19)14(30)26-11(7-13(28)29)16(32)24-9(4-5-12(20)27)15(31)25-10(17(33)34)3-2-6-23-18(21)22/h8-11H,2-7,19H2,1H3,(H2,20,27)(H,24,32)(H,25,31)(H,26,30)(H,28,29)(H,33,34)(H4,21,22,23). The number of nitrogens with one attached hydrogen (secondary N) is 3. The molecule has 0 saturated heterocycles. The van der Waals surface area contributed by atoms with E-state index < -0.39 is 66.2 Å². The van der Waals surface area contributed by atoms with Crippen LogP contribution in [0.25, 0.3) is 0 Å². The molecule has 0 aromatic heterocycles. The highest BCUT2D eigenvalue weighted by atomic mass is 16.4. The number of aliphatic imine (C=N–C) groups is 1. The molecular weight excluding hydrogens is 456 g/mol. The summed E-state index contributed by atoms with van der Waals surface area (Å²) in [4.78, 5) is 74.6. The number of rotatable bonds is 16. The predicted octanol–water partition coefficient (Wildman–Crippen LogP) is -4.33. The second-order valence-electron chi connectivity index (χ2n) is 7.36. The Labute approximate surface area is 194 Å². The van der Waals surface area contributed by atoms with Gasteiger partial charge in [-0.2, -0.15) is 0 Å². The number of carboxylic acids is 2. The number of amides is 4. The number of guanidine groups is 1. The van der Waals surface area contributed by atoms with Crippen molar-refractivity contribution in [2.75, 3.05) is 6.54 Å². The van der Waals surface area contributed by atoms with Crippen molar-refractivity contribution < 1.29 is 39.0 Å². The van der Waals surface area contributed by atoms with E-state index in [2.05, 4.69) is 20.9 Å². The lowest BCUT2D eigenvalue weighted by Crippen LogP contribution is -2.57. The van der Waals surface area contributed by atoms with Gasteiger partial charge in [0.1, 0.15) is 18.1 Å². The van der Waals surface area contributed by atoms with Crippen LogP contribution in [0.3, 0.4) is 0 Å². The van der Waals surface area contributed by atoms with Gasteiger partial charge in [0.2, 0.25) is 23.6 Å². The average molecular weight is 489 g/mol. The minimum absolute atomic E-state index is 0.0551. The van der Waals surface area contributed by atoms with E-state index in [1.54, 1.807) is 0 Å². The lowest BCUT2D eigenvalue weighted by Gasteiger charge is -2.24. The van der Waals surface area contributed by atoms with Crippen molar-refractivity contribution in [3.05, 3.63) is 0 Å². The quantitative estimate of drug-likeness (QED) is 0.0568. The largest absolute Gasteiger partial charge is 0.481 e. The number of carbonyl (C=O) groups excluding carboxylic acids is 4. The Kier molecular flexibility index (Phi) is 13.2. The van der Waals surface area contributed by atoms with Crippen LogP contribution < -0.4 is 38.9 Å². The molecule has 0 aromatic rings. The van der Waals surface area contributed by atoms with Gasteiger partial charge >= 0.3 is 11.9 Å².